The fraction of sp³-hybridized carbons (Fsp3) is 0.278. The zero-order valence-corrected chi connectivity index (χ0v) is 15.7. The summed E-state index contributed by atoms with van der Waals surface area (Å²) in [7, 11) is 1.65. The Kier molecular flexibility index (Phi) is 5.85. The zero-order chi connectivity index (χ0) is 21.9. The van der Waals surface area contributed by atoms with Crippen molar-refractivity contribution in [2.45, 2.75) is 19.1 Å². The molecule has 0 saturated carbocycles. The Labute approximate surface area is 167 Å². The first-order valence-electron chi connectivity index (χ1n) is 8.76. The Morgan fingerprint density at radius 3 is 2.67 bits per heavy atom. The Morgan fingerprint density at radius 2 is 1.93 bits per heavy atom. The lowest BCUT2D eigenvalue weighted by Gasteiger charge is -2.13. The first-order valence-corrected chi connectivity index (χ1v) is 8.76. The molecule has 158 valence electrons. The van der Waals surface area contributed by atoms with Crippen molar-refractivity contribution < 1.29 is 22.8 Å². The fourth-order valence-electron chi connectivity index (χ4n) is 2.73. The standard InChI is InChI=1S/C18H17F3N6O3/c1-26-15-12(8-24-26)17(30)27(10-23-15)7-6-14(28)25-13-5-3-2-4-11(13)16(29)22-9-18(19,20)21/h2-5,8,10H,6-7,9H2,1H3,(H,22,29)(H,25,28). The molecule has 0 fully saturated rings. The number of hydrogen-bond donors (Lipinski definition) is 2. The average Bonchev–Trinajstić information content (AvgIpc) is 3.07. The van der Waals surface area contributed by atoms with Crippen LogP contribution in [0.2, 0.25) is 0 Å². The van der Waals surface area contributed by atoms with Gasteiger partial charge in [-0.25, -0.2) is 4.98 Å². The van der Waals surface area contributed by atoms with E-state index in [0.717, 1.165) is 0 Å². The molecule has 0 unspecified atom stereocenters. The van der Waals surface area contributed by atoms with Gasteiger partial charge >= 0.3 is 6.18 Å². The molecule has 30 heavy (non-hydrogen) atoms. The summed E-state index contributed by atoms with van der Waals surface area (Å²) >= 11 is 0. The highest BCUT2D eigenvalue weighted by molar-refractivity contribution is 6.03. The number of nitrogens with one attached hydrogen (secondary N) is 2. The van der Waals surface area contributed by atoms with Crippen LogP contribution < -0.4 is 16.2 Å². The molecule has 2 amide bonds. The predicted octanol–water partition coefficient (Wildman–Crippen LogP) is 1.45. The van der Waals surface area contributed by atoms with Crippen molar-refractivity contribution in [3.8, 4) is 0 Å². The Bertz CT molecular complexity index is 1150. The van der Waals surface area contributed by atoms with E-state index in [1.807, 2.05) is 0 Å². The van der Waals surface area contributed by atoms with Crippen molar-refractivity contribution >= 4 is 28.5 Å². The van der Waals surface area contributed by atoms with Gasteiger partial charge in [-0.3, -0.25) is 23.6 Å². The van der Waals surface area contributed by atoms with Gasteiger partial charge in [0.1, 0.15) is 11.9 Å². The van der Waals surface area contributed by atoms with Crippen molar-refractivity contribution in [2.75, 3.05) is 11.9 Å². The summed E-state index contributed by atoms with van der Waals surface area (Å²) < 4.78 is 39.6. The SMILES string of the molecule is Cn1ncc2c(=O)n(CCC(=O)Nc3ccccc3C(=O)NCC(F)(F)F)cnc21. The van der Waals surface area contributed by atoms with Crippen LogP contribution in [0.3, 0.4) is 0 Å². The molecule has 0 aliphatic rings. The van der Waals surface area contributed by atoms with Gasteiger partial charge in [-0.2, -0.15) is 18.3 Å². The van der Waals surface area contributed by atoms with E-state index in [4.69, 9.17) is 0 Å². The molecule has 0 aliphatic heterocycles. The Morgan fingerprint density at radius 1 is 1.20 bits per heavy atom. The molecular formula is C18H17F3N6O3. The van der Waals surface area contributed by atoms with Gasteiger partial charge in [0, 0.05) is 20.0 Å². The number of aryl methyl sites for hydroxylation is 2. The predicted molar refractivity (Wildman–Crippen MR) is 101 cm³/mol. The minimum absolute atomic E-state index is 0.0188. The van der Waals surface area contributed by atoms with Gasteiger partial charge in [0.25, 0.3) is 11.5 Å². The highest BCUT2D eigenvalue weighted by atomic mass is 19.4. The normalized spacial score (nSPS) is 11.5. The highest BCUT2D eigenvalue weighted by Crippen LogP contribution is 2.17. The number of fused-ring (bicyclic) bond motifs is 1. The maximum atomic E-state index is 12.4. The maximum Gasteiger partial charge on any atom is 0.405 e. The van der Waals surface area contributed by atoms with Crippen LogP contribution in [-0.2, 0) is 18.4 Å². The first kappa shape index (κ1) is 21.0. The lowest BCUT2D eigenvalue weighted by Crippen LogP contribution is -2.34. The summed E-state index contributed by atoms with van der Waals surface area (Å²) in [6.45, 7) is -1.47. The number of nitrogens with zero attached hydrogens (tertiary/aromatic N) is 4. The van der Waals surface area contributed by atoms with Crippen molar-refractivity contribution in [1.82, 2.24) is 24.6 Å². The molecule has 2 N–H and O–H groups in total. The number of anilines is 1. The lowest BCUT2D eigenvalue weighted by atomic mass is 10.1. The van der Waals surface area contributed by atoms with Gasteiger partial charge in [0.05, 0.1) is 23.8 Å². The average molecular weight is 422 g/mol. The highest BCUT2D eigenvalue weighted by Gasteiger charge is 2.28. The number of hydrogen-bond acceptors (Lipinski definition) is 5. The van der Waals surface area contributed by atoms with Crippen LogP contribution in [0, 0.1) is 0 Å². The molecule has 3 aromatic rings. The Hall–Kier alpha value is -3.70. The van der Waals surface area contributed by atoms with Gasteiger partial charge in [0.15, 0.2) is 5.65 Å². The third-order valence-corrected chi connectivity index (χ3v) is 4.19. The summed E-state index contributed by atoms with van der Waals surface area (Å²) in [5, 5.41) is 8.52. The third kappa shape index (κ3) is 4.82. The zero-order valence-electron chi connectivity index (χ0n) is 15.7. The van der Waals surface area contributed by atoms with E-state index < -0.39 is 24.5 Å². The topological polar surface area (TPSA) is 111 Å². The molecule has 2 heterocycles. The molecule has 9 nitrogen and oxygen atoms in total. The van der Waals surface area contributed by atoms with E-state index in [2.05, 4.69) is 15.4 Å². The van der Waals surface area contributed by atoms with Crippen molar-refractivity contribution in [3.05, 3.63) is 52.7 Å². The maximum absolute atomic E-state index is 12.4. The van der Waals surface area contributed by atoms with E-state index >= 15 is 0 Å². The second-order valence-corrected chi connectivity index (χ2v) is 6.39. The number of alkyl halides is 3. The molecule has 0 radical (unpaired) electrons. The lowest BCUT2D eigenvalue weighted by molar-refractivity contribution is -0.123. The number of para-hydroxylation sites is 1. The molecule has 2 aromatic heterocycles. The largest absolute Gasteiger partial charge is 0.405 e. The number of aromatic nitrogens is 4. The molecule has 0 bridgehead atoms. The third-order valence-electron chi connectivity index (χ3n) is 4.19. The van der Waals surface area contributed by atoms with E-state index in [1.165, 1.54) is 46.0 Å². The fourth-order valence-corrected chi connectivity index (χ4v) is 2.73. The van der Waals surface area contributed by atoms with E-state index in [1.54, 1.807) is 12.4 Å². The molecule has 0 aliphatic carbocycles. The van der Waals surface area contributed by atoms with Crippen LogP contribution in [0.25, 0.3) is 11.0 Å². The summed E-state index contributed by atoms with van der Waals surface area (Å²) in [5.41, 5.74) is 0.0217. The van der Waals surface area contributed by atoms with Gasteiger partial charge < -0.3 is 10.6 Å². The van der Waals surface area contributed by atoms with E-state index in [-0.39, 0.29) is 29.8 Å². The van der Waals surface area contributed by atoms with Crippen LogP contribution in [0.1, 0.15) is 16.8 Å². The molecule has 1 aromatic carbocycles. The second kappa shape index (κ2) is 8.35. The molecule has 3 rings (SSSR count). The Balaban J connectivity index is 1.66. The van der Waals surface area contributed by atoms with Crippen molar-refractivity contribution in [3.63, 3.8) is 0 Å². The minimum Gasteiger partial charge on any atom is -0.343 e. The number of carbonyl (C=O) groups is 2. The number of amides is 2. The van der Waals surface area contributed by atoms with Gasteiger partial charge in [-0.15, -0.1) is 0 Å². The summed E-state index contributed by atoms with van der Waals surface area (Å²) in [4.78, 5) is 40.8. The number of benzene rings is 1. The number of rotatable bonds is 6. The second-order valence-electron chi connectivity index (χ2n) is 6.39. The number of halogens is 3. The molecule has 0 saturated heterocycles. The first-order chi connectivity index (χ1) is 14.2. The molecule has 0 atom stereocenters. The van der Waals surface area contributed by atoms with Crippen LogP contribution in [0.15, 0.2) is 41.6 Å². The van der Waals surface area contributed by atoms with Gasteiger partial charge in [-0.05, 0) is 12.1 Å². The molecule has 12 heteroatoms. The summed E-state index contributed by atoms with van der Waals surface area (Å²) in [6.07, 6.45) is -1.98. The smallest absolute Gasteiger partial charge is 0.343 e. The van der Waals surface area contributed by atoms with Crippen molar-refractivity contribution in [2.24, 2.45) is 7.05 Å². The van der Waals surface area contributed by atoms with Gasteiger partial charge in [0.2, 0.25) is 5.91 Å². The van der Waals surface area contributed by atoms with Gasteiger partial charge in [-0.1, -0.05) is 12.1 Å². The monoisotopic (exact) mass is 422 g/mol. The summed E-state index contributed by atoms with van der Waals surface area (Å²) in [6, 6.07) is 5.69. The van der Waals surface area contributed by atoms with Crippen LogP contribution in [-0.4, -0.2) is 43.9 Å². The van der Waals surface area contributed by atoms with Crippen LogP contribution in [0.5, 0.6) is 0 Å². The summed E-state index contributed by atoms with van der Waals surface area (Å²) in [5.74, 6) is -1.49. The van der Waals surface area contributed by atoms with E-state index in [9.17, 15) is 27.6 Å². The van der Waals surface area contributed by atoms with Crippen molar-refractivity contribution in [1.29, 1.82) is 0 Å². The minimum atomic E-state index is -4.55. The van der Waals surface area contributed by atoms with Crippen LogP contribution in [0.4, 0.5) is 18.9 Å². The quantitative estimate of drug-likeness (QED) is 0.625. The van der Waals surface area contributed by atoms with E-state index in [0.29, 0.717) is 11.0 Å². The van der Waals surface area contributed by atoms with Crippen LogP contribution >= 0.6 is 0 Å². The molecular weight excluding hydrogens is 405 g/mol. The molecule has 0 spiro atoms. The number of carbonyl (C=O) groups excluding carboxylic acids is 2.